The van der Waals surface area contributed by atoms with Gasteiger partial charge in [-0.3, -0.25) is 4.79 Å². The van der Waals surface area contributed by atoms with Gasteiger partial charge in [0, 0.05) is 37.0 Å². The Kier molecular flexibility index (Phi) is 7.13. The third-order valence-corrected chi connectivity index (χ3v) is 7.42. The van der Waals surface area contributed by atoms with Crippen LogP contribution in [0.15, 0.2) is 18.2 Å². The summed E-state index contributed by atoms with van der Waals surface area (Å²) in [4.78, 5) is 18.5. The molecular weight excluding hydrogens is 482 g/mol. The molecule has 8 nitrogen and oxygen atoms in total. The highest BCUT2D eigenvalue weighted by molar-refractivity contribution is 5.74. The van der Waals surface area contributed by atoms with E-state index in [9.17, 15) is 18.7 Å². The van der Waals surface area contributed by atoms with Crippen LogP contribution in [0.2, 0.25) is 0 Å². The van der Waals surface area contributed by atoms with Crippen LogP contribution in [0.5, 0.6) is 0 Å². The molecule has 1 aromatic carbocycles. The van der Waals surface area contributed by atoms with Crippen LogP contribution in [0.3, 0.4) is 0 Å². The zero-order valence-corrected chi connectivity index (χ0v) is 21.2. The van der Waals surface area contributed by atoms with Crippen molar-refractivity contribution < 1.29 is 28.2 Å². The number of aliphatic carboxylic acids is 1. The number of benzene rings is 1. The number of aryl methyl sites for hydroxylation is 2. The van der Waals surface area contributed by atoms with Crippen LogP contribution < -0.4 is 4.90 Å². The van der Waals surface area contributed by atoms with Crippen LogP contribution in [0.1, 0.15) is 60.7 Å². The number of carboxylic acid groups (broad SMARTS) is 1. The van der Waals surface area contributed by atoms with E-state index < -0.39 is 17.6 Å². The van der Waals surface area contributed by atoms with Crippen molar-refractivity contribution in [1.29, 1.82) is 0 Å². The highest BCUT2D eigenvalue weighted by Crippen LogP contribution is 2.33. The van der Waals surface area contributed by atoms with Gasteiger partial charge in [0.1, 0.15) is 5.82 Å². The second-order valence-electron chi connectivity index (χ2n) is 10.2. The molecule has 3 aliphatic rings. The molecule has 0 spiro atoms. The van der Waals surface area contributed by atoms with Crippen LogP contribution in [0.25, 0.3) is 5.65 Å². The predicted octanol–water partition coefficient (Wildman–Crippen LogP) is 4.37. The molecule has 1 fully saturated rings. The first-order valence-electron chi connectivity index (χ1n) is 12.8. The first kappa shape index (κ1) is 25.5. The van der Waals surface area contributed by atoms with Crippen molar-refractivity contribution in [2.24, 2.45) is 0 Å². The van der Waals surface area contributed by atoms with Gasteiger partial charge in [0.15, 0.2) is 17.3 Å². The Morgan fingerprint density at radius 3 is 2.57 bits per heavy atom. The minimum atomic E-state index is -0.928. The van der Waals surface area contributed by atoms with Gasteiger partial charge in [-0.15, -0.1) is 0 Å². The fourth-order valence-electron chi connectivity index (χ4n) is 5.27. The molecule has 0 saturated carbocycles. The number of fused-ring (bicyclic) bond motifs is 8. The molecule has 1 saturated heterocycles. The fourth-order valence-corrected chi connectivity index (χ4v) is 5.27. The summed E-state index contributed by atoms with van der Waals surface area (Å²) in [6.07, 6.45) is 3.62. The summed E-state index contributed by atoms with van der Waals surface area (Å²) in [7, 11) is 0. The van der Waals surface area contributed by atoms with Crippen molar-refractivity contribution in [1.82, 2.24) is 14.6 Å². The smallest absolute Gasteiger partial charge is 0.308 e. The number of hydrogen-bond acceptors (Lipinski definition) is 6. The SMILES string of the molecule is Cc1nc2cc3nn2c(c1CC(=O)O)N1CCC(C)(CC1)OCCCCc1cc(F)c(F)cc1COC3. The number of carbonyl (C=O) groups is 1. The van der Waals surface area contributed by atoms with Gasteiger partial charge in [0.2, 0.25) is 0 Å². The minimum Gasteiger partial charge on any atom is -0.481 e. The summed E-state index contributed by atoms with van der Waals surface area (Å²) in [6, 6.07) is 4.29. The standard InChI is InChI=1S/C27H32F2N4O4/c1-17-21(14-25(34)35)26-32-8-6-27(2,7-9-32)37-10-4-3-5-18-11-22(28)23(29)12-19(18)15-36-16-20-13-24(30-17)33(26)31-20/h11-13H,3-10,14-16H2,1-2H3,(H,34,35). The lowest BCUT2D eigenvalue weighted by Crippen LogP contribution is -2.45. The van der Waals surface area contributed by atoms with E-state index in [4.69, 9.17) is 14.6 Å². The highest BCUT2D eigenvalue weighted by atomic mass is 19.2. The van der Waals surface area contributed by atoms with E-state index in [1.807, 2.05) is 13.0 Å². The summed E-state index contributed by atoms with van der Waals surface area (Å²) in [5.74, 6) is -1.94. The number of anilines is 1. The van der Waals surface area contributed by atoms with Gasteiger partial charge in [0.25, 0.3) is 0 Å². The molecule has 3 aliphatic heterocycles. The molecule has 6 rings (SSSR count). The maximum Gasteiger partial charge on any atom is 0.308 e. The molecule has 0 atom stereocenters. The van der Waals surface area contributed by atoms with Crippen LogP contribution in [-0.2, 0) is 40.3 Å². The number of nitrogens with zero attached hydrogens (tertiary/aromatic N) is 4. The van der Waals surface area contributed by atoms with Gasteiger partial charge in [-0.25, -0.2) is 13.8 Å². The number of aromatic nitrogens is 3. The summed E-state index contributed by atoms with van der Waals surface area (Å²) >= 11 is 0. The van der Waals surface area contributed by atoms with Crippen molar-refractivity contribution in [2.75, 3.05) is 24.6 Å². The van der Waals surface area contributed by atoms with Crippen molar-refractivity contribution in [3.05, 3.63) is 57.9 Å². The van der Waals surface area contributed by atoms with Crippen LogP contribution in [-0.4, -0.2) is 51.0 Å². The van der Waals surface area contributed by atoms with Gasteiger partial charge >= 0.3 is 5.97 Å². The van der Waals surface area contributed by atoms with Gasteiger partial charge in [-0.1, -0.05) is 0 Å². The maximum absolute atomic E-state index is 14.0. The lowest BCUT2D eigenvalue weighted by Gasteiger charge is -2.41. The topological polar surface area (TPSA) is 89.2 Å². The van der Waals surface area contributed by atoms with Crippen molar-refractivity contribution in [3.8, 4) is 0 Å². The van der Waals surface area contributed by atoms with Gasteiger partial charge in [0.05, 0.1) is 30.9 Å². The second-order valence-corrected chi connectivity index (χ2v) is 10.2. The molecule has 0 unspecified atom stereocenters. The Labute approximate surface area is 214 Å². The third kappa shape index (κ3) is 5.45. The molecule has 2 aromatic heterocycles. The molecule has 3 aromatic rings. The van der Waals surface area contributed by atoms with Crippen molar-refractivity contribution in [2.45, 2.75) is 71.2 Å². The van der Waals surface area contributed by atoms with E-state index in [1.165, 1.54) is 12.1 Å². The Balaban J connectivity index is 1.53. The third-order valence-electron chi connectivity index (χ3n) is 7.42. The number of rotatable bonds is 2. The van der Waals surface area contributed by atoms with E-state index in [-0.39, 0.29) is 25.2 Å². The molecule has 1 N–H and O–H groups in total. The number of hydrogen-bond donors (Lipinski definition) is 1. The van der Waals surface area contributed by atoms with E-state index >= 15 is 0 Å². The van der Waals surface area contributed by atoms with Crippen molar-refractivity contribution in [3.63, 3.8) is 0 Å². The average molecular weight is 515 g/mol. The molecule has 4 bridgehead atoms. The normalized spacial score (nSPS) is 18.5. The first-order valence-corrected chi connectivity index (χ1v) is 12.8. The lowest BCUT2D eigenvalue weighted by molar-refractivity contribution is -0.136. The van der Waals surface area contributed by atoms with Crippen molar-refractivity contribution >= 4 is 17.4 Å². The molecular formula is C27H32F2N4O4. The quantitative estimate of drug-likeness (QED) is 0.543. The van der Waals surface area contributed by atoms with E-state index in [0.717, 1.165) is 37.1 Å². The summed E-state index contributed by atoms with van der Waals surface area (Å²) in [5.41, 5.74) is 3.58. The molecule has 198 valence electrons. The monoisotopic (exact) mass is 514 g/mol. The van der Waals surface area contributed by atoms with Crippen LogP contribution in [0, 0.1) is 18.6 Å². The average Bonchev–Trinajstić information content (AvgIpc) is 3.24. The number of ether oxygens (including phenoxy) is 2. The zero-order chi connectivity index (χ0) is 26.2. The van der Waals surface area contributed by atoms with Gasteiger partial charge in [-0.05, 0) is 69.2 Å². The summed E-state index contributed by atoms with van der Waals surface area (Å²) in [5, 5.41) is 14.3. The van der Waals surface area contributed by atoms with E-state index in [0.29, 0.717) is 54.3 Å². The number of piperidine rings is 1. The fraction of sp³-hybridized carbons (Fsp3) is 0.519. The van der Waals surface area contributed by atoms with Crippen LogP contribution >= 0.6 is 0 Å². The maximum atomic E-state index is 14.0. The Morgan fingerprint density at radius 2 is 1.84 bits per heavy atom. The number of halogens is 2. The molecule has 0 radical (unpaired) electrons. The predicted molar refractivity (Wildman–Crippen MR) is 133 cm³/mol. The Hall–Kier alpha value is -3.11. The van der Waals surface area contributed by atoms with Gasteiger partial charge < -0.3 is 19.5 Å². The summed E-state index contributed by atoms with van der Waals surface area (Å²) < 4.78 is 41.9. The Morgan fingerprint density at radius 1 is 1.11 bits per heavy atom. The molecule has 5 heterocycles. The number of carboxylic acids is 1. The minimum absolute atomic E-state index is 0.116. The first-order chi connectivity index (χ1) is 17.7. The van der Waals surface area contributed by atoms with E-state index in [1.54, 1.807) is 4.52 Å². The van der Waals surface area contributed by atoms with Crippen LogP contribution in [0.4, 0.5) is 14.6 Å². The van der Waals surface area contributed by atoms with E-state index in [2.05, 4.69) is 16.8 Å². The molecule has 10 heteroatoms. The zero-order valence-electron chi connectivity index (χ0n) is 21.2. The molecule has 0 amide bonds. The largest absolute Gasteiger partial charge is 0.481 e. The lowest BCUT2D eigenvalue weighted by atomic mass is 9.92. The molecule has 0 aliphatic carbocycles. The highest BCUT2D eigenvalue weighted by Gasteiger charge is 2.33. The molecule has 37 heavy (non-hydrogen) atoms. The summed E-state index contributed by atoms with van der Waals surface area (Å²) in [6.45, 7) is 6.19. The Bertz CT molecular complexity index is 1320. The second kappa shape index (κ2) is 10.3. The van der Waals surface area contributed by atoms with Gasteiger partial charge in [-0.2, -0.15) is 9.61 Å².